The number of nitrogens with one attached hydrogen (secondary N) is 1. The number of carbonyl (C=O) groups excluding carboxylic acids is 1. The fourth-order valence-electron chi connectivity index (χ4n) is 1.05. The Bertz CT molecular complexity index is 412. The number of carbonyl (C=O) groups is 1. The summed E-state index contributed by atoms with van der Waals surface area (Å²) >= 11 is 1.53. The van der Waals surface area contributed by atoms with Gasteiger partial charge in [0.25, 0.3) is 0 Å². The van der Waals surface area contributed by atoms with Crippen molar-refractivity contribution in [3.63, 3.8) is 0 Å². The van der Waals surface area contributed by atoms with Crippen LogP contribution in [0.1, 0.15) is 23.6 Å². The fraction of sp³-hybridized carbons (Fsp3) is 0.417. The van der Waals surface area contributed by atoms with E-state index in [0.29, 0.717) is 6.54 Å². The van der Waals surface area contributed by atoms with E-state index in [1.165, 1.54) is 11.3 Å². The van der Waals surface area contributed by atoms with Crippen LogP contribution in [-0.4, -0.2) is 17.6 Å². The van der Waals surface area contributed by atoms with Crippen molar-refractivity contribution in [1.82, 2.24) is 5.32 Å². The first-order valence-corrected chi connectivity index (χ1v) is 5.91. The molecule has 0 atom stereocenters. The van der Waals surface area contributed by atoms with E-state index < -0.39 is 0 Å². The molecular formula is C12H15NO2S. The second kappa shape index (κ2) is 6.31. The van der Waals surface area contributed by atoms with Crippen LogP contribution in [0.25, 0.3) is 0 Å². The molecule has 0 unspecified atom stereocenters. The van der Waals surface area contributed by atoms with E-state index in [9.17, 15) is 4.79 Å². The van der Waals surface area contributed by atoms with E-state index in [1.54, 1.807) is 0 Å². The van der Waals surface area contributed by atoms with Crippen molar-refractivity contribution in [3.8, 4) is 11.8 Å². The molecule has 0 aliphatic carbocycles. The molecule has 0 aromatic carbocycles. The molecule has 0 aliphatic heterocycles. The van der Waals surface area contributed by atoms with Crippen molar-refractivity contribution in [1.29, 1.82) is 0 Å². The first-order valence-electron chi connectivity index (χ1n) is 5.09. The van der Waals surface area contributed by atoms with Crippen LogP contribution in [0.2, 0.25) is 0 Å². The molecule has 1 amide bonds. The van der Waals surface area contributed by atoms with E-state index in [0.717, 1.165) is 9.75 Å². The lowest BCUT2D eigenvalue weighted by atomic mass is 10.2. The van der Waals surface area contributed by atoms with E-state index in [2.05, 4.69) is 17.2 Å². The molecule has 2 N–H and O–H groups in total. The lowest BCUT2D eigenvalue weighted by Gasteiger charge is -2.05. The molecule has 0 saturated carbocycles. The van der Waals surface area contributed by atoms with Gasteiger partial charge in [0.1, 0.15) is 6.61 Å². The zero-order valence-electron chi connectivity index (χ0n) is 9.41. The Morgan fingerprint density at radius 2 is 2.31 bits per heavy atom. The van der Waals surface area contributed by atoms with E-state index in [-0.39, 0.29) is 18.4 Å². The van der Waals surface area contributed by atoms with Crippen LogP contribution < -0.4 is 5.32 Å². The molecule has 0 spiro atoms. The van der Waals surface area contributed by atoms with Crippen molar-refractivity contribution in [2.75, 3.05) is 6.61 Å². The Kier molecular flexibility index (Phi) is 5.03. The Hall–Kier alpha value is -1.31. The van der Waals surface area contributed by atoms with Gasteiger partial charge in [0.2, 0.25) is 5.91 Å². The lowest BCUT2D eigenvalue weighted by Crippen LogP contribution is -2.26. The third-order valence-corrected chi connectivity index (χ3v) is 2.91. The van der Waals surface area contributed by atoms with Crippen LogP contribution in [0.5, 0.6) is 0 Å². The fourth-order valence-corrected chi connectivity index (χ4v) is 1.87. The molecule has 0 saturated heterocycles. The highest BCUT2D eigenvalue weighted by Crippen LogP contribution is 2.15. The standard InChI is InChI=1S/C12H15NO2S/c1-9(2)12(15)13-8-11-6-5-10(16-11)4-3-7-14/h5-6,9,14H,7-8H2,1-2H3,(H,13,15). The average molecular weight is 237 g/mol. The summed E-state index contributed by atoms with van der Waals surface area (Å²) in [7, 11) is 0. The van der Waals surface area contributed by atoms with Crippen LogP contribution in [0.3, 0.4) is 0 Å². The first kappa shape index (κ1) is 12.8. The molecule has 0 fully saturated rings. The van der Waals surface area contributed by atoms with Crippen molar-refractivity contribution >= 4 is 17.2 Å². The molecule has 3 nitrogen and oxygen atoms in total. The number of thiophene rings is 1. The summed E-state index contributed by atoms with van der Waals surface area (Å²) in [5, 5.41) is 11.4. The van der Waals surface area contributed by atoms with Gasteiger partial charge < -0.3 is 10.4 Å². The molecule has 0 radical (unpaired) electrons. The van der Waals surface area contributed by atoms with Crippen molar-refractivity contribution in [3.05, 3.63) is 21.9 Å². The quantitative estimate of drug-likeness (QED) is 0.780. The highest BCUT2D eigenvalue weighted by Gasteiger charge is 2.06. The molecule has 1 aromatic rings. The van der Waals surface area contributed by atoms with Crippen LogP contribution in [0.4, 0.5) is 0 Å². The van der Waals surface area contributed by atoms with E-state index >= 15 is 0 Å². The summed E-state index contributed by atoms with van der Waals surface area (Å²) in [6.45, 7) is 4.14. The molecule has 4 heteroatoms. The van der Waals surface area contributed by atoms with Gasteiger partial charge in [-0.1, -0.05) is 25.7 Å². The minimum atomic E-state index is -0.128. The Labute approximate surface area is 99.5 Å². The average Bonchev–Trinajstić information content (AvgIpc) is 2.70. The number of rotatable bonds is 3. The Morgan fingerprint density at radius 1 is 1.56 bits per heavy atom. The van der Waals surface area contributed by atoms with Crippen molar-refractivity contribution in [2.24, 2.45) is 5.92 Å². The maximum Gasteiger partial charge on any atom is 0.222 e. The third kappa shape index (κ3) is 4.05. The minimum Gasteiger partial charge on any atom is -0.384 e. The van der Waals surface area contributed by atoms with Crippen LogP contribution in [0, 0.1) is 17.8 Å². The van der Waals surface area contributed by atoms with Gasteiger partial charge in [0, 0.05) is 10.8 Å². The van der Waals surface area contributed by atoms with Gasteiger partial charge in [-0.05, 0) is 12.1 Å². The normalized spacial score (nSPS) is 9.75. The molecule has 0 aliphatic rings. The SMILES string of the molecule is CC(C)C(=O)NCc1ccc(C#CCO)s1. The molecule has 16 heavy (non-hydrogen) atoms. The van der Waals surface area contributed by atoms with Crippen molar-refractivity contribution in [2.45, 2.75) is 20.4 Å². The minimum absolute atomic E-state index is 0.00798. The monoisotopic (exact) mass is 237 g/mol. The van der Waals surface area contributed by atoms with E-state index in [1.807, 2.05) is 26.0 Å². The Balaban J connectivity index is 2.49. The highest BCUT2D eigenvalue weighted by molar-refractivity contribution is 7.12. The second-order valence-corrected chi connectivity index (χ2v) is 4.77. The van der Waals surface area contributed by atoms with Gasteiger partial charge in [0.05, 0.1) is 11.4 Å². The molecule has 1 heterocycles. The van der Waals surface area contributed by atoms with Gasteiger partial charge in [-0.15, -0.1) is 11.3 Å². The smallest absolute Gasteiger partial charge is 0.222 e. The largest absolute Gasteiger partial charge is 0.384 e. The van der Waals surface area contributed by atoms with Crippen LogP contribution in [-0.2, 0) is 11.3 Å². The molecule has 1 rings (SSSR count). The maximum atomic E-state index is 11.3. The maximum absolute atomic E-state index is 11.3. The number of aliphatic hydroxyl groups excluding tert-OH is 1. The summed E-state index contributed by atoms with van der Waals surface area (Å²) in [5.41, 5.74) is 0. The molecular weight excluding hydrogens is 222 g/mol. The molecule has 0 bridgehead atoms. The number of amides is 1. The van der Waals surface area contributed by atoms with Gasteiger partial charge >= 0.3 is 0 Å². The summed E-state index contributed by atoms with van der Waals surface area (Å²) in [6, 6.07) is 3.83. The number of aliphatic hydroxyl groups is 1. The predicted octanol–water partition coefficient (Wildman–Crippen LogP) is 1.36. The zero-order chi connectivity index (χ0) is 12.0. The molecule has 1 aromatic heterocycles. The summed E-state index contributed by atoms with van der Waals surface area (Å²) in [6.07, 6.45) is 0. The first-order chi connectivity index (χ1) is 7.63. The lowest BCUT2D eigenvalue weighted by molar-refractivity contribution is -0.124. The third-order valence-electron chi connectivity index (χ3n) is 1.91. The summed E-state index contributed by atoms with van der Waals surface area (Å²) < 4.78 is 0. The van der Waals surface area contributed by atoms with Crippen molar-refractivity contribution < 1.29 is 9.90 Å². The summed E-state index contributed by atoms with van der Waals surface area (Å²) in [4.78, 5) is 13.3. The van der Waals surface area contributed by atoms with Crippen LogP contribution >= 0.6 is 11.3 Å². The second-order valence-electron chi connectivity index (χ2n) is 3.60. The Morgan fingerprint density at radius 3 is 2.94 bits per heavy atom. The van der Waals surface area contributed by atoms with Gasteiger partial charge in [0.15, 0.2) is 0 Å². The van der Waals surface area contributed by atoms with Crippen LogP contribution in [0.15, 0.2) is 12.1 Å². The van der Waals surface area contributed by atoms with Gasteiger partial charge in [-0.2, -0.15) is 0 Å². The zero-order valence-corrected chi connectivity index (χ0v) is 10.2. The number of hydrogen-bond donors (Lipinski definition) is 2. The molecule has 86 valence electrons. The summed E-state index contributed by atoms with van der Waals surface area (Å²) in [5.74, 6) is 5.48. The predicted molar refractivity (Wildman–Crippen MR) is 65.0 cm³/mol. The topological polar surface area (TPSA) is 49.3 Å². The number of hydrogen-bond acceptors (Lipinski definition) is 3. The van der Waals surface area contributed by atoms with Gasteiger partial charge in [-0.3, -0.25) is 4.79 Å². The highest BCUT2D eigenvalue weighted by atomic mass is 32.1. The van der Waals surface area contributed by atoms with Gasteiger partial charge in [-0.25, -0.2) is 0 Å². The van der Waals surface area contributed by atoms with E-state index in [4.69, 9.17) is 5.11 Å².